The lowest BCUT2D eigenvalue weighted by atomic mass is 10.0. The van der Waals surface area contributed by atoms with Gasteiger partial charge in [0.2, 0.25) is 0 Å². The minimum absolute atomic E-state index is 0.157. The van der Waals surface area contributed by atoms with Crippen molar-refractivity contribution in [3.63, 3.8) is 0 Å². The molecule has 1 aliphatic heterocycles. The molecule has 0 radical (unpaired) electrons. The summed E-state index contributed by atoms with van der Waals surface area (Å²) in [5.41, 5.74) is 2.89. The molecule has 0 aromatic heterocycles. The molecule has 1 heterocycles. The maximum Gasteiger partial charge on any atom is 0.282 e. The molecule has 0 unspecified atom stereocenters. The number of benzene rings is 3. The lowest BCUT2D eigenvalue weighted by molar-refractivity contribution is -0.120. The van der Waals surface area contributed by atoms with Crippen LogP contribution in [0.5, 0.6) is 17.2 Å². The molecule has 1 aliphatic rings. The van der Waals surface area contributed by atoms with Crippen molar-refractivity contribution in [2.75, 3.05) is 31.5 Å². The zero-order valence-corrected chi connectivity index (χ0v) is 18.8. The average Bonchev–Trinajstić information content (AvgIpc) is 3.08. The number of nitrogens with one attached hydrogen (secondary N) is 1. The number of anilines is 2. The third-order valence-corrected chi connectivity index (χ3v) is 5.34. The minimum atomic E-state index is -0.482. The van der Waals surface area contributed by atoms with E-state index in [2.05, 4.69) is 5.32 Å². The van der Waals surface area contributed by atoms with Crippen molar-refractivity contribution < 1.29 is 23.8 Å². The van der Waals surface area contributed by atoms with Gasteiger partial charge in [0.15, 0.2) is 0 Å². The molecule has 0 atom stereocenters. The number of carbonyl (C=O) groups excluding carboxylic acids is 2. The Hall–Kier alpha value is -4.26. The average molecular weight is 444 g/mol. The standard InChI is InChI=1S/C26H24N2O5/c1-16-10-11-22(33-4)21(12-16)28-25(29)23(17-8-6-5-7-9-17)24(26(28)30)27-18-13-19(31-2)15-20(14-18)32-3/h5-15,27H,1-4H3. The van der Waals surface area contributed by atoms with Gasteiger partial charge in [-0.1, -0.05) is 36.4 Å². The van der Waals surface area contributed by atoms with Crippen LogP contribution in [0.3, 0.4) is 0 Å². The Morgan fingerprint density at radius 1 is 0.758 bits per heavy atom. The van der Waals surface area contributed by atoms with E-state index in [1.165, 1.54) is 7.11 Å². The molecule has 0 spiro atoms. The Morgan fingerprint density at radius 3 is 2.03 bits per heavy atom. The maximum atomic E-state index is 13.7. The molecule has 2 amide bonds. The van der Waals surface area contributed by atoms with Crippen LogP contribution in [0.15, 0.2) is 72.4 Å². The fourth-order valence-electron chi connectivity index (χ4n) is 3.74. The Morgan fingerprint density at radius 2 is 1.42 bits per heavy atom. The number of hydrogen-bond acceptors (Lipinski definition) is 6. The van der Waals surface area contributed by atoms with Gasteiger partial charge in [0.25, 0.3) is 11.8 Å². The van der Waals surface area contributed by atoms with Gasteiger partial charge in [-0.15, -0.1) is 0 Å². The number of methoxy groups -OCH3 is 3. The van der Waals surface area contributed by atoms with Gasteiger partial charge in [0, 0.05) is 23.9 Å². The van der Waals surface area contributed by atoms with E-state index in [1.807, 2.05) is 31.2 Å². The third-order valence-electron chi connectivity index (χ3n) is 5.34. The number of hydrogen-bond donors (Lipinski definition) is 1. The molecule has 1 N–H and O–H groups in total. The number of ether oxygens (including phenoxy) is 3. The number of amides is 2. The molecule has 168 valence electrons. The largest absolute Gasteiger partial charge is 0.497 e. The van der Waals surface area contributed by atoms with E-state index < -0.39 is 11.8 Å². The van der Waals surface area contributed by atoms with E-state index in [4.69, 9.17) is 14.2 Å². The van der Waals surface area contributed by atoms with Crippen molar-refractivity contribution >= 4 is 28.8 Å². The molecule has 7 nitrogen and oxygen atoms in total. The van der Waals surface area contributed by atoms with Gasteiger partial charge >= 0.3 is 0 Å². The zero-order valence-electron chi connectivity index (χ0n) is 18.8. The SMILES string of the molecule is COc1cc(NC2=C(c3ccccc3)C(=O)N(c3cc(C)ccc3OC)C2=O)cc(OC)c1. The predicted molar refractivity (Wildman–Crippen MR) is 127 cm³/mol. The highest BCUT2D eigenvalue weighted by Gasteiger charge is 2.41. The smallest absolute Gasteiger partial charge is 0.282 e. The second-order valence-corrected chi connectivity index (χ2v) is 7.46. The molecule has 3 aromatic carbocycles. The van der Waals surface area contributed by atoms with E-state index in [0.717, 1.165) is 10.5 Å². The summed E-state index contributed by atoms with van der Waals surface area (Å²) in [5.74, 6) is 0.608. The topological polar surface area (TPSA) is 77.1 Å². The summed E-state index contributed by atoms with van der Waals surface area (Å²) < 4.78 is 16.1. The van der Waals surface area contributed by atoms with E-state index >= 15 is 0 Å². The van der Waals surface area contributed by atoms with Crippen molar-refractivity contribution in [3.05, 3.63) is 83.6 Å². The minimum Gasteiger partial charge on any atom is -0.497 e. The second-order valence-electron chi connectivity index (χ2n) is 7.46. The highest BCUT2D eigenvalue weighted by Crippen LogP contribution is 2.39. The van der Waals surface area contributed by atoms with Gasteiger partial charge in [-0.3, -0.25) is 9.59 Å². The van der Waals surface area contributed by atoms with E-state index in [0.29, 0.717) is 34.2 Å². The van der Waals surface area contributed by atoms with E-state index in [-0.39, 0.29) is 11.3 Å². The highest BCUT2D eigenvalue weighted by molar-refractivity contribution is 6.46. The summed E-state index contributed by atoms with van der Waals surface area (Å²) in [6.45, 7) is 1.89. The van der Waals surface area contributed by atoms with Crippen LogP contribution in [-0.4, -0.2) is 33.1 Å². The normalized spacial score (nSPS) is 13.4. The van der Waals surface area contributed by atoms with Gasteiger partial charge in [0.05, 0.1) is 32.6 Å². The van der Waals surface area contributed by atoms with Gasteiger partial charge in [-0.05, 0) is 30.2 Å². The van der Waals surface area contributed by atoms with Crippen LogP contribution < -0.4 is 24.4 Å². The first-order valence-electron chi connectivity index (χ1n) is 10.3. The highest BCUT2D eigenvalue weighted by atomic mass is 16.5. The predicted octanol–water partition coefficient (Wildman–Crippen LogP) is 4.42. The van der Waals surface area contributed by atoms with Gasteiger partial charge in [-0.25, -0.2) is 4.90 Å². The summed E-state index contributed by atoms with van der Waals surface area (Å²) in [7, 11) is 4.60. The van der Waals surface area contributed by atoms with Crippen LogP contribution in [0.2, 0.25) is 0 Å². The van der Waals surface area contributed by atoms with Gasteiger partial charge in [-0.2, -0.15) is 0 Å². The van der Waals surface area contributed by atoms with Crippen LogP contribution in [0.25, 0.3) is 5.57 Å². The van der Waals surface area contributed by atoms with Crippen LogP contribution in [-0.2, 0) is 9.59 Å². The molecule has 0 aliphatic carbocycles. The van der Waals surface area contributed by atoms with Crippen molar-refractivity contribution in [3.8, 4) is 17.2 Å². The van der Waals surface area contributed by atoms with Crippen molar-refractivity contribution in [1.82, 2.24) is 0 Å². The molecule has 0 saturated carbocycles. The van der Waals surface area contributed by atoms with E-state index in [9.17, 15) is 9.59 Å². The van der Waals surface area contributed by atoms with Gasteiger partial charge in [0.1, 0.15) is 22.9 Å². The monoisotopic (exact) mass is 444 g/mol. The summed E-state index contributed by atoms with van der Waals surface area (Å²) in [4.78, 5) is 28.5. The number of nitrogens with zero attached hydrogens (tertiary/aromatic N) is 1. The molecule has 4 rings (SSSR count). The quantitative estimate of drug-likeness (QED) is 0.544. The summed E-state index contributed by atoms with van der Waals surface area (Å²) >= 11 is 0. The van der Waals surface area contributed by atoms with E-state index in [1.54, 1.807) is 56.7 Å². The molecule has 7 heteroatoms. The molecule has 0 saturated heterocycles. The number of imide groups is 1. The number of carbonyl (C=O) groups is 2. The fraction of sp³-hybridized carbons (Fsp3) is 0.154. The maximum absolute atomic E-state index is 13.7. The summed E-state index contributed by atoms with van der Waals surface area (Å²) in [6.07, 6.45) is 0. The van der Waals surface area contributed by atoms with Crippen LogP contribution in [0.1, 0.15) is 11.1 Å². The second kappa shape index (κ2) is 9.08. The van der Waals surface area contributed by atoms with Crippen LogP contribution in [0.4, 0.5) is 11.4 Å². The Labute approximate surface area is 192 Å². The third kappa shape index (κ3) is 4.13. The lowest BCUT2D eigenvalue weighted by Gasteiger charge is -2.19. The first-order chi connectivity index (χ1) is 16.0. The lowest BCUT2D eigenvalue weighted by Crippen LogP contribution is -2.32. The molecular formula is C26H24N2O5. The number of aryl methyl sites for hydroxylation is 1. The molecule has 33 heavy (non-hydrogen) atoms. The first kappa shape index (κ1) is 22.0. The Kier molecular flexibility index (Phi) is 6.04. The summed E-state index contributed by atoms with van der Waals surface area (Å²) in [6, 6.07) is 19.6. The molecular weight excluding hydrogens is 420 g/mol. The molecule has 0 fully saturated rings. The summed E-state index contributed by atoms with van der Waals surface area (Å²) in [5, 5.41) is 3.14. The molecule has 3 aromatic rings. The zero-order chi connectivity index (χ0) is 23.5. The Bertz CT molecular complexity index is 1230. The van der Waals surface area contributed by atoms with Crippen LogP contribution >= 0.6 is 0 Å². The van der Waals surface area contributed by atoms with Crippen molar-refractivity contribution in [2.24, 2.45) is 0 Å². The Balaban J connectivity index is 1.85. The van der Waals surface area contributed by atoms with Gasteiger partial charge < -0.3 is 19.5 Å². The van der Waals surface area contributed by atoms with Crippen molar-refractivity contribution in [2.45, 2.75) is 6.92 Å². The molecule has 0 bridgehead atoms. The number of rotatable bonds is 7. The van der Waals surface area contributed by atoms with Crippen LogP contribution in [0, 0.1) is 6.92 Å². The first-order valence-corrected chi connectivity index (χ1v) is 10.3. The van der Waals surface area contributed by atoms with Crippen molar-refractivity contribution in [1.29, 1.82) is 0 Å². The fourth-order valence-corrected chi connectivity index (χ4v) is 3.74.